The number of hydrogen-bond donors (Lipinski definition) is 0. The third-order valence-electron chi connectivity index (χ3n) is 11.3. The standard InChI is InChI=1S/C46H39NOS/c1-2-11-32(12-3-1)37-15-8-16-40-41-17-9-18-42(46(41)49-45(37)40)47(36-26-22-30-10-4-5-13-33(30)28-36)35-24-20-31(21-25-35)34-23-27-39-38-14-6-7-19-43(38)48-44(39)29-34/h1-5,7-8,10-13,15-17,19-20,22-29,31,39,42,44,46H,6,9,14,18,21H2/t31?,39?,42-,44?,46?/m1/s1. The van der Waals surface area contributed by atoms with Gasteiger partial charge in [-0.3, -0.25) is 0 Å². The van der Waals surface area contributed by atoms with Gasteiger partial charge in [0.15, 0.2) is 0 Å². The summed E-state index contributed by atoms with van der Waals surface area (Å²) in [4.78, 5) is 4.11. The zero-order chi connectivity index (χ0) is 32.3. The maximum atomic E-state index is 6.44. The Kier molecular flexibility index (Phi) is 7.15. The zero-order valence-corrected chi connectivity index (χ0v) is 28.4. The third-order valence-corrected chi connectivity index (χ3v) is 12.8. The van der Waals surface area contributed by atoms with Crippen molar-refractivity contribution in [3.63, 3.8) is 0 Å². The number of thioether (sulfide) groups is 1. The predicted octanol–water partition coefficient (Wildman–Crippen LogP) is 11.6. The van der Waals surface area contributed by atoms with Crippen LogP contribution >= 0.6 is 11.8 Å². The van der Waals surface area contributed by atoms with Gasteiger partial charge in [0.1, 0.15) is 11.9 Å². The first-order valence-electron chi connectivity index (χ1n) is 18.0. The van der Waals surface area contributed by atoms with Gasteiger partial charge in [0, 0.05) is 28.1 Å². The molecular weight excluding hydrogens is 615 g/mol. The number of nitrogens with zero attached hydrogens (tertiary/aromatic N) is 1. The van der Waals surface area contributed by atoms with Crippen molar-refractivity contribution in [1.29, 1.82) is 0 Å². The fourth-order valence-corrected chi connectivity index (χ4v) is 10.5. The van der Waals surface area contributed by atoms with Crippen LogP contribution in [0.3, 0.4) is 0 Å². The summed E-state index contributed by atoms with van der Waals surface area (Å²) in [6, 6.07) is 34.0. The van der Waals surface area contributed by atoms with Gasteiger partial charge in [-0.1, -0.05) is 115 Å². The van der Waals surface area contributed by atoms with Crippen molar-refractivity contribution < 1.29 is 4.74 Å². The fraction of sp³-hybridized carbons (Fsp3) is 0.217. The molecule has 240 valence electrons. The van der Waals surface area contributed by atoms with Crippen LogP contribution in [0.15, 0.2) is 173 Å². The molecule has 0 saturated carbocycles. The molecule has 0 fully saturated rings. The van der Waals surface area contributed by atoms with E-state index < -0.39 is 0 Å². The topological polar surface area (TPSA) is 12.5 Å². The summed E-state index contributed by atoms with van der Waals surface area (Å²) in [6.45, 7) is 0. The summed E-state index contributed by atoms with van der Waals surface area (Å²) in [5.41, 5.74) is 11.0. The molecule has 10 rings (SSSR count). The van der Waals surface area contributed by atoms with Gasteiger partial charge in [-0.15, -0.1) is 11.8 Å². The van der Waals surface area contributed by atoms with Crippen LogP contribution in [-0.2, 0) is 4.74 Å². The minimum absolute atomic E-state index is 0.134. The summed E-state index contributed by atoms with van der Waals surface area (Å²) in [7, 11) is 0. The van der Waals surface area contributed by atoms with Crippen molar-refractivity contribution in [2.24, 2.45) is 11.8 Å². The van der Waals surface area contributed by atoms with E-state index in [1.54, 1.807) is 0 Å². The molecule has 49 heavy (non-hydrogen) atoms. The van der Waals surface area contributed by atoms with Gasteiger partial charge >= 0.3 is 0 Å². The van der Waals surface area contributed by atoms with Crippen LogP contribution in [0.4, 0.5) is 5.69 Å². The molecule has 4 aliphatic carbocycles. The molecule has 4 aromatic rings. The van der Waals surface area contributed by atoms with E-state index in [1.165, 1.54) is 60.5 Å². The molecule has 0 bridgehead atoms. The van der Waals surface area contributed by atoms with Gasteiger partial charge in [0.2, 0.25) is 0 Å². The maximum Gasteiger partial charge on any atom is 0.128 e. The Hall–Kier alpha value is -4.73. The van der Waals surface area contributed by atoms with Gasteiger partial charge in [-0.25, -0.2) is 0 Å². The summed E-state index contributed by atoms with van der Waals surface area (Å²) in [6.07, 6.45) is 27.1. The smallest absolute Gasteiger partial charge is 0.128 e. The van der Waals surface area contributed by atoms with Crippen molar-refractivity contribution in [3.05, 3.63) is 174 Å². The Labute approximate surface area is 293 Å². The zero-order valence-electron chi connectivity index (χ0n) is 27.5. The van der Waals surface area contributed by atoms with E-state index in [2.05, 4.69) is 162 Å². The monoisotopic (exact) mass is 653 g/mol. The lowest BCUT2D eigenvalue weighted by atomic mass is 9.81. The lowest BCUT2D eigenvalue weighted by Gasteiger charge is -2.41. The normalized spacial score (nSPS) is 26.3. The molecule has 0 aromatic heterocycles. The highest BCUT2D eigenvalue weighted by molar-refractivity contribution is 8.01. The van der Waals surface area contributed by atoms with Gasteiger partial charge < -0.3 is 9.64 Å². The summed E-state index contributed by atoms with van der Waals surface area (Å²) in [5, 5.41) is 2.94. The van der Waals surface area contributed by atoms with Crippen molar-refractivity contribution >= 4 is 33.8 Å². The third kappa shape index (κ3) is 5.01. The molecular formula is C46H39NOS. The summed E-state index contributed by atoms with van der Waals surface area (Å²) >= 11 is 2.08. The molecule has 3 heteroatoms. The van der Waals surface area contributed by atoms with Crippen LogP contribution in [-0.4, -0.2) is 17.4 Å². The predicted molar refractivity (Wildman–Crippen MR) is 205 cm³/mol. The molecule has 4 unspecified atom stereocenters. The molecule has 0 N–H and O–H groups in total. The number of ether oxygens (including phenoxy) is 1. The van der Waals surface area contributed by atoms with Crippen molar-refractivity contribution in [3.8, 4) is 11.1 Å². The van der Waals surface area contributed by atoms with E-state index >= 15 is 0 Å². The Bertz CT molecular complexity index is 2200. The molecule has 0 radical (unpaired) electrons. The Morgan fingerprint density at radius 2 is 1.63 bits per heavy atom. The molecule has 0 amide bonds. The Morgan fingerprint density at radius 1 is 0.755 bits per heavy atom. The maximum absolute atomic E-state index is 6.44. The van der Waals surface area contributed by atoms with E-state index in [0.717, 1.165) is 37.9 Å². The van der Waals surface area contributed by atoms with Crippen LogP contribution in [0, 0.1) is 11.8 Å². The number of anilines is 1. The number of rotatable bonds is 5. The number of fused-ring (bicyclic) bond motifs is 6. The van der Waals surface area contributed by atoms with Gasteiger partial charge in [0.05, 0.1) is 11.3 Å². The SMILES string of the molecule is C1=CC2=C(CC1)C1C=CC(C3C=CC(N(c4ccc5ccccc5c4)[C@@H]4CCC=C5c6cccc(-c7ccccc7)c6SC54)=CC3)=CC1O2. The highest BCUT2D eigenvalue weighted by atomic mass is 32.2. The molecule has 0 spiro atoms. The molecule has 2 nitrogen and oxygen atoms in total. The van der Waals surface area contributed by atoms with Gasteiger partial charge in [-0.2, -0.15) is 0 Å². The van der Waals surface area contributed by atoms with Crippen LogP contribution in [0.2, 0.25) is 0 Å². The van der Waals surface area contributed by atoms with E-state index in [0.29, 0.717) is 23.1 Å². The number of benzene rings is 4. The van der Waals surface area contributed by atoms with Crippen LogP contribution in [0.25, 0.3) is 27.5 Å². The molecule has 5 atom stereocenters. The highest BCUT2D eigenvalue weighted by Gasteiger charge is 2.41. The number of hydrogen-bond acceptors (Lipinski definition) is 3. The van der Waals surface area contributed by atoms with Crippen LogP contribution < -0.4 is 4.90 Å². The average Bonchev–Trinajstić information content (AvgIpc) is 3.74. The Balaban J connectivity index is 0.983. The van der Waals surface area contributed by atoms with Crippen LogP contribution in [0.5, 0.6) is 0 Å². The van der Waals surface area contributed by atoms with E-state index in [9.17, 15) is 0 Å². The second-order valence-electron chi connectivity index (χ2n) is 14.1. The summed E-state index contributed by atoms with van der Waals surface area (Å²) < 4.78 is 6.44. The minimum atomic E-state index is 0.134. The van der Waals surface area contributed by atoms with E-state index in [-0.39, 0.29) is 6.10 Å². The first-order chi connectivity index (χ1) is 24.3. The number of allylic oxidation sites excluding steroid dienone is 8. The van der Waals surface area contributed by atoms with E-state index in [4.69, 9.17) is 4.74 Å². The molecule has 6 aliphatic rings. The lowest BCUT2D eigenvalue weighted by Crippen LogP contribution is -2.43. The molecule has 2 aliphatic heterocycles. The molecule has 2 heterocycles. The van der Waals surface area contributed by atoms with Gasteiger partial charge in [0.25, 0.3) is 0 Å². The first-order valence-corrected chi connectivity index (χ1v) is 18.8. The van der Waals surface area contributed by atoms with Crippen molar-refractivity contribution in [2.45, 2.75) is 54.4 Å². The van der Waals surface area contributed by atoms with Crippen LogP contribution in [0.1, 0.15) is 37.7 Å². The van der Waals surface area contributed by atoms with Crippen molar-refractivity contribution in [2.75, 3.05) is 4.90 Å². The minimum Gasteiger partial charge on any atom is -0.485 e. The van der Waals surface area contributed by atoms with Gasteiger partial charge in [-0.05, 0) is 107 Å². The highest BCUT2D eigenvalue weighted by Crippen LogP contribution is 2.54. The quantitative estimate of drug-likeness (QED) is 0.213. The first kappa shape index (κ1) is 29.2. The Morgan fingerprint density at radius 3 is 2.53 bits per heavy atom. The summed E-state index contributed by atoms with van der Waals surface area (Å²) in [5.74, 6) is 1.87. The second kappa shape index (κ2) is 12.0. The molecule has 4 aromatic carbocycles. The average molecular weight is 654 g/mol. The van der Waals surface area contributed by atoms with E-state index in [1.807, 2.05) is 0 Å². The fourth-order valence-electron chi connectivity index (χ4n) is 8.91. The van der Waals surface area contributed by atoms with Crippen molar-refractivity contribution in [1.82, 2.24) is 0 Å². The second-order valence-corrected chi connectivity index (χ2v) is 15.2. The molecule has 0 saturated heterocycles. The largest absolute Gasteiger partial charge is 0.485 e. The lowest BCUT2D eigenvalue weighted by molar-refractivity contribution is 0.172.